The molecular weight excluding hydrogens is 420 g/mol. The van der Waals surface area contributed by atoms with Gasteiger partial charge in [-0.05, 0) is 64.3 Å². The summed E-state index contributed by atoms with van der Waals surface area (Å²) >= 11 is 0. The number of fused-ring (bicyclic) bond motifs is 1. The standard InChI is InChI=1S/C26H32N2O5/c1-15-19(5-6-20-18(4)32-13-21(15)20)23(29)17(3)27-10-7-26(8-11-27)9-12-28(25(26)31)22-14-33-24(30)16(22)2/h5-6,17,23,29H,4,7-14H2,1-3H3. The van der Waals surface area contributed by atoms with E-state index < -0.39 is 6.10 Å². The van der Waals surface area contributed by atoms with E-state index in [-0.39, 0.29) is 29.9 Å². The Kier molecular flexibility index (Phi) is 5.37. The normalized spacial score (nSPS) is 24.4. The van der Waals surface area contributed by atoms with E-state index in [9.17, 15) is 14.7 Å². The SMILES string of the molecule is C=C1OCc2c1ccc(C(O)C(C)N1CCC3(CCN(C4=C(C)C(=O)OC4)C3=O)CC1)c2C. The molecular formula is C26H32N2O5. The zero-order chi connectivity index (χ0) is 23.5. The molecule has 176 valence electrons. The van der Waals surface area contributed by atoms with Gasteiger partial charge >= 0.3 is 5.97 Å². The van der Waals surface area contributed by atoms with Gasteiger partial charge in [-0.3, -0.25) is 9.69 Å². The lowest BCUT2D eigenvalue weighted by atomic mass is 9.76. The molecule has 33 heavy (non-hydrogen) atoms. The number of cyclic esters (lactones) is 1. The van der Waals surface area contributed by atoms with Gasteiger partial charge in [-0.2, -0.15) is 0 Å². The van der Waals surface area contributed by atoms with Crippen LogP contribution >= 0.6 is 0 Å². The fourth-order valence-corrected chi connectivity index (χ4v) is 5.89. The molecule has 7 nitrogen and oxygen atoms in total. The molecule has 1 aromatic carbocycles. The van der Waals surface area contributed by atoms with Crippen LogP contribution in [-0.4, -0.2) is 59.1 Å². The summed E-state index contributed by atoms with van der Waals surface area (Å²) in [5.74, 6) is 0.491. The minimum absolute atomic E-state index is 0.0666. The van der Waals surface area contributed by atoms with Crippen LogP contribution in [0.25, 0.3) is 5.76 Å². The van der Waals surface area contributed by atoms with Crippen LogP contribution in [0.3, 0.4) is 0 Å². The molecule has 7 heteroatoms. The first-order valence-corrected chi connectivity index (χ1v) is 11.8. The highest BCUT2D eigenvalue weighted by Gasteiger charge is 2.50. The first kappa shape index (κ1) is 22.2. The van der Waals surface area contributed by atoms with E-state index in [2.05, 4.69) is 18.4 Å². The second-order valence-corrected chi connectivity index (χ2v) is 9.87. The lowest BCUT2D eigenvalue weighted by molar-refractivity contribution is -0.139. The number of hydrogen-bond acceptors (Lipinski definition) is 6. The summed E-state index contributed by atoms with van der Waals surface area (Å²) in [4.78, 5) is 29.2. The maximum absolute atomic E-state index is 13.4. The molecule has 5 rings (SSSR count). The van der Waals surface area contributed by atoms with Crippen LogP contribution in [0.4, 0.5) is 0 Å². The second-order valence-electron chi connectivity index (χ2n) is 9.87. The topological polar surface area (TPSA) is 79.3 Å². The highest BCUT2D eigenvalue weighted by Crippen LogP contribution is 2.45. The van der Waals surface area contributed by atoms with E-state index in [0.717, 1.165) is 60.3 Å². The maximum Gasteiger partial charge on any atom is 0.336 e. The van der Waals surface area contributed by atoms with Crippen LogP contribution < -0.4 is 0 Å². The third kappa shape index (κ3) is 3.40. The molecule has 2 fully saturated rings. The van der Waals surface area contributed by atoms with Crippen molar-refractivity contribution in [1.82, 2.24) is 9.80 Å². The number of piperidine rings is 1. The largest absolute Gasteiger partial charge is 0.489 e. The molecule has 4 aliphatic rings. The predicted molar refractivity (Wildman–Crippen MR) is 123 cm³/mol. The molecule has 0 saturated carbocycles. The van der Waals surface area contributed by atoms with Crippen LogP contribution in [0.2, 0.25) is 0 Å². The monoisotopic (exact) mass is 452 g/mol. The lowest BCUT2D eigenvalue weighted by Crippen LogP contribution is -2.48. The fourth-order valence-electron chi connectivity index (χ4n) is 5.89. The molecule has 2 saturated heterocycles. The molecule has 2 atom stereocenters. The van der Waals surface area contributed by atoms with Gasteiger partial charge in [0.05, 0.1) is 22.8 Å². The number of aliphatic hydroxyl groups excluding tert-OH is 1. The Labute approximate surface area is 194 Å². The van der Waals surface area contributed by atoms with E-state index in [1.807, 2.05) is 19.1 Å². The maximum atomic E-state index is 13.4. The molecule has 4 aliphatic heterocycles. The van der Waals surface area contributed by atoms with Crippen LogP contribution in [0.5, 0.6) is 0 Å². The summed E-state index contributed by atoms with van der Waals surface area (Å²) in [5, 5.41) is 11.2. The number of carbonyl (C=O) groups is 2. The molecule has 0 radical (unpaired) electrons. The summed E-state index contributed by atoms with van der Waals surface area (Å²) in [6, 6.07) is 3.91. The number of amides is 1. The summed E-state index contributed by atoms with van der Waals surface area (Å²) in [6.45, 7) is 12.6. The van der Waals surface area contributed by atoms with E-state index in [1.54, 1.807) is 11.8 Å². The van der Waals surface area contributed by atoms with E-state index in [4.69, 9.17) is 9.47 Å². The van der Waals surface area contributed by atoms with Gasteiger partial charge in [-0.25, -0.2) is 4.79 Å². The van der Waals surface area contributed by atoms with Crippen molar-refractivity contribution in [2.45, 2.75) is 58.8 Å². The number of likely N-dealkylation sites (tertiary alicyclic amines) is 2. The molecule has 1 aromatic rings. The van der Waals surface area contributed by atoms with Crippen molar-refractivity contribution in [3.63, 3.8) is 0 Å². The van der Waals surface area contributed by atoms with E-state index in [1.165, 1.54) is 0 Å². The summed E-state index contributed by atoms with van der Waals surface area (Å²) < 4.78 is 10.7. The number of rotatable bonds is 4. The highest BCUT2D eigenvalue weighted by molar-refractivity contribution is 5.94. The van der Waals surface area contributed by atoms with Crippen molar-refractivity contribution in [2.24, 2.45) is 5.41 Å². The molecule has 0 bridgehead atoms. The van der Waals surface area contributed by atoms with Crippen LogP contribution in [0.15, 0.2) is 30.0 Å². The Balaban J connectivity index is 1.27. The first-order valence-electron chi connectivity index (χ1n) is 11.8. The lowest BCUT2D eigenvalue weighted by Gasteiger charge is -2.42. The van der Waals surface area contributed by atoms with Crippen LogP contribution in [-0.2, 0) is 25.7 Å². The fraction of sp³-hybridized carbons (Fsp3) is 0.538. The van der Waals surface area contributed by atoms with Gasteiger partial charge in [-0.15, -0.1) is 0 Å². The molecule has 1 spiro atoms. The van der Waals surface area contributed by atoms with Crippen molar-refractivity contribution in [1.29, 1.82) is 0 Å². The minimum Gasteiger partial charge on any atom is -0.489 e. The number of benzene rings is 1. The number of nitrogens with zero attached hydrogens (tertiary/aromatic N) is 2. The quantitative estimate of drug-likeness (QED) is 0.708. The summed E-state index contributed by atoms with van der Waals surface area (Å²) in [7, 11) is 0. The molecule has 4 heterocycles. The van der Waals surface area contributed by atoms with Gasteiger partial charge < -0.3 is 19.5 Å². The van der Waals surface area contributed by atoms with Crippen molar-refractivity contribution in [3.8, 4) is 0 Å². The third-order valence-corrected chi connectivity index (χ3v) is 8.36. The molecule has 2 unspecified atom stereocenters. The Morgan fingerprint density at radius 1 is 1.06 bits per heavy atom. The van der Waals surface area contributed by atoms with Crippen LogP contribution in [0, 0.1) is 12.3 Å². The van der Waals surface area contributed by atoms with E-state index >= 15 is 0 Å². The zero-order valence-corrected chi connectivity index (χ0v) is 19.6. The van der Waals surface area contributed by atoms with Gasteiger partial charge in [0.15, 0.2) is 0 Å². The Hall–Kier alpha value is -2.64. The smallest absolute Gasteiger partial charge is 0.336 e. The summed E-state index contributed by atoms with van der Waals surface area (Å²) in [5.41, 5.74) is 5.03. The molecule has 0 aromatic heterocycles. The Morgan fingerprint density at radius 2 is 1.76 bits per heavy atom. The zero-order valence-electron chi connectivity index (χ0n) is 19.6. The van der Waals surface area contributed by atoms with Crippen molar-refractivity contribution >= 4 is 17.6 Å². The highest BCUT2D eigenvalue weighted by atomic mass is 16.5. The van der Waals surface area contributed by atoms with Gasteiger partial charge in [0.1, 0.15) is 19.0 Å². The van der Waals surface area contributed by atoms with E-state index in [0.29, 0.717) is 24.5 Å². The average Bonchev–Trinajstić information content (AvgIpc) is 3.45. The second kappa shape index (κ2) is 7.99. The Morgan fingerprint density at radius 3 is 2.42 bits per heavy atom. The van der Waals surface area contributed by atoms with Crippen LogP contribution in [0.1, 0.15) is 61.5 Å². The van der Waals surface area contributed by atoms with Crippen molar-refractivity contribution in [3.05, 3.63) is 52.2 Å². The number of aliphatic hydroxyl groups is 1. The van der Waals surface area contributed by atoms with Gasteiger partial charge in [0.2, 0.25) is 5.91 Å². The number of carbonyl (C=O) groups excluding carboxylic acids is 2. The van der Waals surface area contributed by atoms with Crippen molar-refractivity contribution in [2.75, 3.05) is 26.2 Å². The minimum atomic E-state index is -0.622. The molecule has 1 N–H and O–H groups in total. The van der Waals surface area contributed by atoms with Gasteiger partial charge in [-0.1, -0.05) is 18.7 Å². The third-order valence-electron chi connectivity index (χ3n) is 8.36. The van der Waals surface area contributed by atoms with Gasteiger partial charge in [0, 0.05) is 23.7 Å². The summed E-state index contributed by atoms with van der Waals surface area (Å²) in [6.07, 6.45) is 1.70. The molecule has 0 aliphatic carbocycles. The average molecular weight is 453 g/mol. The number of ether oxygens (including phenoxy) is 2. The van der Waals surface area contributed by atoms with Crippen molar-refractivity contribution < 1.29 is 24.2 Å². The first-order chi connectivity index (χ1) is 15.7. The molecule has 1 amide bonds. The number of esters is 1. The Bertz CT molecular complexity index is 1070. The number of hydrogen-bond donors (Lipinski definition) is 1. The predicted octanol–water partition coefficient (Wildman–Crippen LogP) is 3.06. The van der Waals surface area contributed by atoms with Gasteiger partial charge in [0.25, 0.3) is 0 Å².